The minimum atomic E-state index is -0.262. The van der Waals surface area contributed by atoms with Gasteiger partial charge in [-0.15, -0.1) is 0 Å². The molecule has 3 rings (SSSR count). The normalized spacial score (nSPS) is 11.9. The molecule has 0 aliphatic heterocycles. The molecule has 0 bridgehead atoms. The molecule has 0 aromatic heterocycles. The number of ketones is 1. The maximum atomic E-state index is 13.4. The van der Waals surface area contributed by atoms with Crippen LogP contribution in [0.15, 0.2) is 54.6 Å². The largest absolute Gasteiger partial charge is 0.507 e. The summed E-state index contributed by atoms with van der Waals surface area (Å²) in [5, 5.41) is 13.1. The second-order valence-corrected chi connectivity index (χ2v) is 8.63. The molecular weight excluding hydrogens is 358 g/mol. The van der Waals surface area contributed by atoms with E-state index in [1.165, 1.54) is 0 Å². The van der Waals surface area contributed by atoms with Gasteiger partial charge in [-0.3, -0.25) is 9.69 Å². The van der Waals surface area contributed by atoms with Crippen molar-refractivity contribution in [1.29, 1.82) is 0 Å². The van der Waals surface area contributed by atoms with Gasteiger partial charge in [-0.25, -0.2) is 0 Å². The van der Waals surface area contributed by atoms with Gasteiger partial charge in [0.1, 0.15) is 5.75 Å². The number of rotatable bonds is 6. The van der Waals surface area contributed by atoms with Crippen LogP contribution in [0, 0.1) is 0 Å². The molecule has 0 heterocycles. The molecule has 0 saturated carbocycles. The van der Waals surface area contributed by atoms with Gasteiger partial charge in [0, 0.05) is 28.8 Å². The van der Waals surface area contributed by atoms with Crippen molar-refractivity contribution >= 4 is 16.6 Å². The van der Waals surface area contributed by atoms with Crippen LogP contribution in [0.1, 0.15) is 61.7 Å². The standard InChI is InChI=1S/C26H31NO2/c1-6-27(7-2)17-22-15-21(16-23(25(22)29)26(3,4)5)24(28)20-13-12-18-10-8-9-11-19(18)14-20/h8-16,29H,6-7,17H2,1-5H3. The van der Waals surface area contributed by atoms with Crippen LogP contribution in [0.25, 0.3) is 10.8 Å². The lowest BCUT2D eigenvalue weighted by molar-refractivity contribution is 0.103. The van der Waals surface area contributed by atoms with E-state index >= 15 is 0 Å². The average molecular weight is 390 g/mol. The highest BCUT2D eigenvalue weighted by Gasteiger charge is 2.24. The summed E-state index contributed by atoms with van der Waals surface area (Å²) < 4.78 is 0. The van der Waals surface area contributed by atoms with Crippen LogP contribution in [0.5, 0.6) is 5.75 Å². The molecule has 0 saturated heterocycles. The topological polar surface area (TPSA) is 40.5 Å². The summed E-state index contributed by atoms with van der Waals surface area (Å²) in [5.41, 5.74) is 2.66. The number of hydrogen-bond donors (Lipinski definition) is 1. The van der Waals surface area contributed by atoms with Gasteiger partial charge < -0.3 is 5.11 Å². The Bertz CT molecular complexity index is 1030. The third-order valence-electron chi connectivity index (χ3n) is 5.56. The van der Waals surface area contributed by atoms with E-state index in [0.717, 1.165) is 35.0 Å². The van der Waals surface area contributed by atoms with E-state index < -0.39 is 0 Å². The van der Waals surface area contributed by atoms with Gasteiger partial charge in [0.25, 0.3) is 0 Å². The summed E-state index contributed by atoms with van der Waals surface area (Å²) in [6, 6.07) is 17.6. The molecule has 0 unspecified atom stereocenters. The first-order chi connectivity index (χ1) is 13.7. The summed E-state index contributed by atoms with van der Waals surface area (Å²) in [4.78, 5) is 15.6. The predicted molar refractivity (Wildman–Crippen MR) is 121 cm³/mol. The molecule has 0 radical (unpaired) electrons. The van der Waals surface area contributed by atoms with Crippen molar-refractivity contribution in [3.8, 4) is 5.75 Å². The third kappa shape index (κ3) is 4.51. The van der Waals surface area contributed by atoms with Crippen molar-refractivity contribution in [2.45, 2.75) is 46.6 Å². The lowest BCUT2D eigenvalue weighted by atomic mass is 9.83. The number of carbonyl (C=O) groups excluding carboxylic acids is 1. The minimum Gasteiger partial charge on any atom is -0.507 e. The smallest absolute Gasteiger partial charge is 0.193 e. The fourth-order valence-corrected chi connectivity index (χ4v) is 3.70. The molecule has 0 aliphatic carbocycles. The first-order valence-electron chi connectivity index (χ1n) is 10.4. The maximum absolute atomic E-state index is 13.4. The first-order valence-corrected chi connectivity index (χ1v) is 10.4. The van der Waals surface area contributed by atoms with Crippen molar-refractivity contribution < 1.29 is 9.90 Å². The zero-order chi connectivity index (χ0) is 21.2. The fraction of sp³-hybridized carbons (Fsp3) is 0.346. The number of phenolic OH excluding ortho intramolecular Hbond substituents is 1. The monoisotopic (exact) mass is 389 g/mol. The SMILES string of the molecule is CCN(CC)Cc1cc(C(=O)c2ccc3ccccc3c2)cc(C(C)(C)C)c1O. The van der Waals surface area contributed by atoms with E-state index in [2.05, 4.69) is 39.5 Å². The lowest BCUT2D eigenvalue weighted by Gasteiger charge is -2.25. The molecule has 0 atom stereocenters. The van der Waals surface area contributed by atoms with E-state index in [0.29, 0.717) is 23.4 Å². The number of benzene rings is 3. The van der Waals surface area contributed by atoms with Crippen LogP contribution < -0.4 is 0 Å². The second-order valence-electron chi connectivity index (χ2n) is 8.63. The van der Waals surface area contributed by atoms with Crippen molar-refractivity contribution in [3.63, 3.8) is 0 Å². The number of phenols is 1. The molecule has 152 valence electrons. The predicted octanol–water partition coefficient (Wildman–Crippen LogP) is 5.92. The number of nitrogens with zero attached hydrogens (tertiary/aromatic N) is 1. The van der Waals surface area contributed by atoms with E-state index in [1.807, 2.05) is 54.6 Å². The molecule has 3 aromatic carbocycles. The molecule has 0 aliphatic rings. The molecule has 0 fully saturated rings. The summed E-state index contributed by atoms with van der Waals surface area (Å²) in [7, 11) is 0. The van der Waals surface area contributed by atoms with Crippen LogP contribution >= 0.6 is 0 Å². The number of aromatic hydroxyl groups is 1. The first kappa shape index (κ1) is 21.1. The molecule has 3 nitrogen and oxygen atoms in total. The van der Waals surface area contributed by atoms with Crippen LogP contribution in [-0.2, 0) is 12.0 Å². The number of hydrogen-bond acceptors (Lipinski definition) is 3. The van der Waals surface area contributed by atoms with Crippen molar-refractivity contribution in [1.82, 2.24) is 4.90 Å². The lowest BCUT2D eigenvalue weighted by Crippen LogP contribution is -2.23. The Labute approximate surface area is 174 Å². The van der Waals surface area contributed by atoms with Crippen LogP contribution in [-0.4, -0.2) is 28.9 Å². The van der Waals surface area contributed by atoms with Crippen LogP contribution in [0.2, 0.25) is 0 Å². The van der Waals surface area contributed by atoms with Gasteiger partial charge in [0.05, 0.1) is 0 Å². The Hall–Kier alpha value is -2.65. The summed E-state index contributed by atoms with van der Waals surface area (Å²) in [5.74, 6) is 0.293. The van der Waals surface area contributed by atoms with Crippen LogP contribution in [0.3, 0.4) is 0 Å². The zero-order valence-corrected chi connectivity index (χ0v) is 18.1. The highest BCUT2D eigenvalue weighted by molar-refractivity contribution is 6.11. The average Bonchev–Trinajstić information content (AvgIpc) is 2.71. The highest BCUT2D eigenvalue weighted by atomic mass is 16.3. The van der Waals surface area contributed by atoms with Gasteiger partial charge >= 0.3 is 0 Å². The number of fused-ring (bicyclic) bond motifs is 1. The van der Waals surface area contributed by atoms with E-state index in [1.54, 1.807) is 0 Å². The molecule has 3 heteroatoms. The van der Waals surface area contributed by atoms with Gasteiger partial charge in [-0.1, -0.05) is 71.0 Å². The van der Waals surface area contributed by atoms with Crippen LogP contribution in [0.4, 0.5) is 0 Å². The van der Waals surface area contributed by atoms with Gasteiger partial charge in [-0.2, -0.15) is 0 Å². The number of carbonyl (C=O) groups is 1. The van der Waals surface area contributed by atoms with E-state index in [9.17, 15) is 9.90 Å². The quantitative estimate of drug-likeness (QED) is 0.532. The Morgan fingerprint density at radius 1 is 0.897 bits per heavy atom. The Morgan fingerprint density at radius 3 is 2.17 bits per heavy atom. The fourth-order valence-electron chi connectivity index (χ4n) is 3.70. The molecule has 1 N–H and O–H groups in total. The second kappa shape index (κ2) is 8.38. The van der Waals surface area contributed by atoms with Crippen molar-refractivity contribution in [2.75, 3.05) is 13.1 Å². The Morgan fingerprint density at radius 2 is 1.55 bits per heavy atom. The van der Waals surface area contributed by atoms with E-state index in [-0.39, 0.29) is 11.2 Å². The Kier molecular flexibility index (Phi) is 6.09. The molecule has 0 amide bonds. The van der Waals surface area contributed by atoms with Gasteiger partial charge in [0.15, 0.2) is 5.78 Å². The summed E-state index contributed by atoms with van der Waals surface area (Å²) in [6.45, 7) is 12.8. The van der Waals surface area contributed by atoms with Gasteiger partial charge in [-0.05, 0) is 47.5 Å². The Balaban J connectivity index is 2.09. The zero-order valence-electron chi connectivity index (χ0n) is 18.1. The highest BCUT2D eigenvalue weighted by Crippen LogP contribution is 2.36. The van der Waals surface area contributed by atoms with Crippen molar-refractivity contribution in [2.24, 2.45) is 0 Å². The molecule has 0 spiro atoms. The maximum Gasteiger partial charge on any atom is 0.193 e. The van der Waals surface area contributed by atoms with Gasteiger partial charge in [0.2, 0.25) is 0 Å². The summed E-state index contributed by atoms with van der Waals surface area (Å²) in [6.07, 6.45) is 0. The van der Waals surface area contributed by atoms with E-state index in [4.69, 9.17) is 0 Å². The summed E-state index contributed by atoms with van der Waals surface area (Å²) >= 11 is 0. The molecule has 3 aromatic rings. The minimum absolute atomic E-state index is 0.0120. The van der Waals surface area contributed by atoms with Crippen molar-refractivity contribution in [3.05, 3.63) is 76.9 Å². The molecule has 29 heavy (non-hydrogen) atoms. The third-order valence-corrected chi connectivity index (χ3v) is 5.56. The molecular formula is C26H31NO2.